The average Bonchev–Trinajstić information content (AvgIpc) is 2.81. The standard InChI is InChI=1S/C27H44O5/c1-2-3-4-5-6-7-8-9-10-11-12-16-23(20-28)27(21-29,26(30)31)25-19-18-22-15-13-14-17-24(22)32-25/h13-15,17,23,25,28-29H,2-12,16,18-21H2,1H3,(H,30,31). The second-order valence-corrected chi connectivity index (χ2v) is 9.46. The van der Waals surface area contributed by atoms with Crippen LogP contribution in [-0.4, -0.2) is 40.6 Å². The normalized spacial score (nSPS) is 18.4. The molecule has 0 saturated carbocycles. The van der Waals surface area contributed by atoms with Gasteiger partial charge in [-0.05, 0) is 30.9 Å². The minimum atomic E-state index is -1.49. The Labute approximate surface area is 194 Å². The Morgan fingerprint density at radius 3 is 2.16 bits per heavy atom. The van der Waals surface area contributed by atoms with E-state index in [1.807, 2.05) is 24.3 Å². The van der Waals surface area contributed by atoms with Gasteiger partial charge in [-0.3, -0.25) is 4.79 Å². The van der Waals surface area contributed by atoms with Gasteiger partial charge in [0.05, 0.1) is 6.61 Å². The molecule has 182 valence electrons. The van der Waals surface area contributed by atoms with Crippen molar-refractivity contribution in [3.63, 3.8) is 0 Å². The SMILES string of the molecule is CCCCCCCCCCCCCC(CO)C(CO)(C(=O)O)C1CCc2ccccc2O1. The molecule has 5 nitrogen and oxygen atoms in total. The summed E-state index contributed by atoms with van der Waals surface area (Å²) in [5, 5.41) is 30.5. The maximum absolute atomic E-state index is 12.4. The van der Waals surface area contributed by atoms with Gasteiger partial charge in [-0.2, -0.15) is 0 Å². The van der Waals surface area contributed by atoms with Crippen molar-refractivity contribution in [3.05, 3.63) is 29.8 Å². The Balaban J connectivity index is 1.83. The fourth-order valence-electron chi connectivity index (χ4n) is 5.13. The lowest BCUT2D eigenvalue weighted by molar-refractivity contribution is -0.170. The fourth-order valence-corrected chi connectivity index (χ4v) is 5.13. The highest BCUT2D eigenvalue weighted by atomic mass is 16.5. The van der Waals surface area contributed by atoms with E-state index < -0.39 is 30.0 Å². The van der Waals surface area contributed by atoms with E-state index in [9.17, 15) is 20.1 Å². The first-order chi connectivity index (χ1) is 15.6. The van der Waals surface area contributed by atoms with Crippen molar-refractivity contribution in [2.45, 2.75) is 103 Å². The summed E-state index contributed by atoms with van der Waals surface area (Å²) in [6.45, 7) is 1.45. The summed E-state index contributed by atoms with van der Waals surface area (Å²) in [7, 11) is 0. The van der Waals surface area contributed by atoms with Crippen molar-refractivity contribution >= 4 is 5.97 Å². The van der Waals surface area contributed by atoms with Crippen LogP contribution in [0.25, 0.3) is 0 Å². The summed E-state index contributed by atoms with van der Waals surface area (Å²) < 4.78 is 6.09. The molecule has 3 atom stereocenters. The molecule has 32 heavy (non-hydrogen) atoms. The molecular weight excluding hydrogens is 404 g/mol. The molecule has 0 fully saturated rings. The number of ether oxygens (including phenoxy) is 1. The molecule has 5 heteroatoms. The summed E-state index contributed by atoms with van der Waals surface area (Å²) in [4.78, 5) is 12.4. The van der Waals surface area contributed by atoms with Crippen molar-refractivity contribution in [2.24, 2.45) is 11.3 Å². The number of hydrogen-bond acceptors (Lipinski definition) is 4. The Bertz CT molecular complexity index is 661. The summed E-state index contributed by atoms with van der Waals surface area (Å²) in [5.74, 6) is -0.917. The molecule has 0 aliphatic carbocycles. The molecular formula is C27H44O5. The van der Waals surface area contributed by atoms with Gasteiger partial charge < -0.3 is 20.1 Å². The molecule has 0 saturated heterocycles. The van der Waals surface area contributed by atoms with E-state index in [1.54, 1.807) is 0 Å². The Hall–Kier alpha value is -1.59. The van der Waals surface area contributed by atoms with E-state index in [-0.39, 0.29) is 6.61 Å². The number of carboxylic acid groups (broad SMARTS) is 1. The zero-order chi connectivity index (χ0) is 23.2. The number of benzene rings is 1. The van der Waals surface area contributed by atoms with Gasteiger partial charge in [0.25, 0.3) is 0 Å². The number of carbonyl (C=O) groups is 1. The van der Waals surface area contributed by atoms with E-state index in [4.69, 9.17) is 4.74 Å². The van der Waals surface area contributed by atoms with Crippen LogP contribution in [0.3, 0.4) is 0 Å². The predicted molar refractivity (Wildman–Crippen MR) is 128 cm³/mol. The van der Waals surface area contributed by atoms with Crippen LogP contribution in [-0.2, 0) is 11.2 Å². The van der Waals surface area contributed by atoms with Crippen LogP contribution in [0.2, 0.25) is 0 Å². The number of aryl methyl sites for hydroxylation is 1. The Morgan fingerprint density at radius 1 is 1.00 bits per heavy atom. The molecule has 0 radical (unpaired) electrons. The minimum absolute atomic E-state index is 0.258. The number of fused-ring (bicyclic) bond motifs is 1. The molecule has 1 aliphatic rings. The van der Waals surface area contributed by atoms with Crippen LogP contribution in [0, 0.1) is 11.3 Å². The Kier molecular flexibility index (Phi) is 12.1. The van der Waals surface area contributed by atoms with Crippen LogP contribution < -0.4 is 4.74 Å². The van der Waals surface area contributed by atoms with E-state index in [2.05, 4.69) is 6.92 Å². The monoisotopic (exact) mass is 448 g/mol. The molecule has 1 aromatic carbocycles. The number of hydrogen-bond donors (Lipinski definition) is 3. The number of aliphatic hydroxyl groups excluding tert-OH is 2. The lowest BCUT2D eigenvalue weighted by atomic mass is 9.68. The molecule has 3 N–H and O–H groups in total. The minimum Gasteiger partial charge on any atom is -0.489 e. The molecule has 0 aromatic heterocycles. The van der Waals surface area contributed by atoms with Crippen LogP contribution in [0.4, 0.5) is 0 Å². The Morgan fingerprint density at radius 2 is 1.59 bits per heavy atom. The molecule has 3 unspecified atom stereocenters. The van der Waals surface area contributed by atoms with Gasteiger partial charge in [0, 0.05) is 12.5 Å². The summed E-state index contributed by atoms with van der Waals surface area (Å²) in [5.41, 5.74) is -0.423. The predicted octanol–water partition coefficient (Wildman–Crippen LogP) is 5.75. The van der Waals surface area contributed by atoms with Crippen LogP contribution in [0.5, 0.6) is 5.75 Å². The van der Waals surface area contributed by atoms with E-state index in [1.165, 1.54) is 51.4 Å². The molecule has 1 aromatic rings. The zero-order valence-electron chi connectivity index (χ0n) is 19.9. The van der Waals surface area contributed by atoms with Gasteiger partial charge in [-0.1, -0.05) is 95.8 Å². The number of carboxylic acids is 1. The highest BCUT2D eigenvalue weighted by Crippen LogP contribution is 2.42. The van der Waals surface area contributed by atoms with Crippen LogP contribution >= 0.6 is 0 Å². The zero-order valence-corrected chi connectivity index (χ0v) is 19.9. The van der Waals surface area contributed by atoms with Crippen molar-refractivity contribution in [2.75, 3.05) is 13.2 Å². The van der Waals surface area contributed by atoms with Gasteiger partial charge in [-0.15, -0.1) is 0 Å². The van der Waals surface area contributed by atoms with Crippen molar-refractivity contribution < 1.29 is 24.9 Å². The van der Waals surface area contributed by atoms with Crippen LogP contribution in [0.1, 0.15) is 96.0 Å². The van der Waals surface area contributed by atoms with E-state index in [0.29, 0.717) is 25.0 Å². The number of aliphatic carboxylic acids is 1. The molecule has 0 bridgehead atoms. The molecule has 0 amide bonds. The molecule has 1 aliphatic heterocycles. The van der Waals surface area contributed by atoms with E-state index >= 15 is 0 Å². The van der Waals surface area contributed by atoms with Crippen molar-refractivity contribution in [1.82, 2.24) is 0 Å². The van der Waals surface area contributed by atoms with Gasteiger partial charge in [0.15, 0.2) is 0 Å². The third-order valence-corrected chi connectivity index (χ3v) is 7.26. The molecule has 2 rings (SSSR count). The highest BCUT2D eigenvalue weighted by Gasteiger charge is 2.53. The summed E-state index contributed by atoms with van der Waals surface area (Å²) in [6, 6.07) is 7.66. The second kappa shape index (κ2) is 14.5. The third-order valence-electron chi connectivity index (χ3n) is 7.26. The fraction of sp³-hybridized carbons (Fsp3) is 0.741. The number of para-hydroxylation sites is 1. The lowest BCUT2D eigenvalue weighted by Gasteiger charge is -2.43. The molecule has 1 heterocycles. The summed E-state index contributed by atoms with van der Waals surface area (Å²) in [6.07, 6.45) is 14.6. The van der Waals surface area contributed by atoms with Crippen molar-refractivity contribution in [3.8, 4) is 5.75 Å². The number of rotatable bonds is 17. The first kappa shape index (κ1) is 26.7. The van der Waals surface area contributed by atoms with Gasteiger partial charge in [-0.25, -0.2) is 0 Å². The smallest absolute Gasteiger partial charge is 0.316 e. The molecule has 0 spiro atoms. The second-order valence-electron chi connectivity index (χ2n) is 9.46. The number of aliphatic hydroxyl groups is 2. The number of unbranched alkanes of at least 4 members (excludes halogenated alkanes) is 10. The maximum Gasteiger partial charge on any atom is 0.316 e. The average molecular weight is 449 g/mol. The van der Waals surface area contributed by atoms with Gasteiger partial charge in [0.2, 0.25) is 0 Å². The maximum atomic E-state index is 12.4. The highest BCUT2D eigenvalue weighted by molar-refractivity contribution is 5.76. The first-order valence-corrected chi connectivity index (χ1v) is 12.8. The van der Waals surface area contributed by atoms with Gasteiger partial charge >= 0.3 is 5.97 Å². The lowest BCUT2D eigenvalue weighted by Crippen LogP contribution is -2.55. The van der Waals surface area contributed by atoms with Crippen molar-refractivity contribution in [1.29, 1.82) is 0 Å². The largest absolute Gasteiger partial charge is 0.489 e. The quantitative estimate of drug-likeness (QED) is 0.264. The van der Waals surface area contributed by atoms with Gasteiger partial charge in [0.1, 0.15) is 17.3 Å². The van der Waals surface area contributed by atoms with Crippen LogP contribution in [0.15, 0.2) is 24.3 Å². The first-order valence-electron chi connectivity index (χ1n) is 12.8. The van der Waals surface area contributed by atoms with E-state index in [0.717, 1.165) is 24.8 Å². The summed E-state index contributed by atoms with van der Waals surface area (Å²) >= 11 is 0. The third kappa shape index (κ3) is 7.21. The topological polar surface area (TPSA) is 87.0 Å².